The first-order valence-corrected chi connectivity index (χ1v) is 5.37. The maximum absolute atomic E-state index is 11.7. The summed E-state index contributed by atoms with van der Waals surface area (Å²) in [5.74, 6) is -2.82. The lowest BCUT2D eigenvalue weighted by Gasteiger charge is -2.24. The maximum atomic E-state index is 11.7. The van der Waals surface area contributed by atoms with E-state index in [1.54, 1.807) is 13.8 Å². The summed E-state index contributed by atoms with van der Waals surface area (Å²) >= 11 is 0. The number of methoxy groups -OCH3 is 1. The third-order valence-electron chi connectivity index (χ3n) is 2.02. The van der Waals surface area contributed by atoms with Gasteiger partial charge in [0.15, 0.2) is 0 Å². The molecule has 0 aliphatic rings. The minimum absolute atomic E-state index is 0.310. The van der Waals surface area contributed by atoms with E-state index in [-0.39, 0.29) is 12.6 Å². The van der Waals surface area contributed by atoms with Gasteiger partial charge in [0.25, 0.3) is 5.91 Å². The van der Waals surface area contributed by atoms with Crippen molar-refractivity contribution in [2.45, 2.75) is 19.9 Å². The summed E-state index contributed by atoms with van der Waals surface area (Å²) in [4.78, 5) is 45.3. The molecule has 0 saturated carbocycles. The zero-order valence-electron chi connectivity index (χ0n) is 10.9. The Bertz CT molecular complexity index is 402. The van der Waals surface area contributed by atoms with Gasteiger partial charge in [0, 0.05) is 18.2 Å². The van der Waals surface area contributed by atoms with E-state index < -0.39 is 23.9 Å². The molecule has 0 rings (SSSR count). The Morgan fingerprint density at radius 1 is 1.26 bits per heavy atom. The van der Waals surface area contributed by atoms with E-state index in [2.05, 4.69) is 4.74 Å². The van der Waals surface area contributed by atoms with Gasteiger partial charge in [0.05, 0.1) is 7.11 Å². The van der Waals surface area contributed by atoms with Crippen molar-refractivity contribution in [2.24, 2.45) is 0 Å². The first-order valence-electron chi connectivity index (χ1n) is 5.37. The molecule has 8 heteroatoms. The lowest BCUT2D eigenvalue weighted by Crippen LogP contribution is -2.48. The predicted octanol–water partition coefficient (Wildman–Crippen LogP) is -0.253. The highest BCUT2D eigenvalue weighted by molar-refractivity contribution is 6.03. The van der Waals surface area contributed by atoms with E-state index in [0.717, 1.165) is 4.90 Å². The van der Waals surface area contributed by atoms with E-state index in [0.29, 0.717) is 12.2 Å². The fourth-order valence-electron chi connectivity index (χ4n) is 1.06. The zero-order chi connectivity index (χ0) is 15.0. The van der Waals surface area contributed by atoms with E-state index in [4.69, 9.17) is 5.11 Å². The molecular formula is C11H16N2O6. The van der Waals surface area contributed by atoms with Gasteiger partial charge in [-0.15, -0.1) is 0 Å². The highest BCUT2D eigenvalue weighted by Crippen LogP contribution is 1.99. The lowest BCUT2D eigenvalue weighted by molar-refractivity contribution is -0.141. The molecule has 0 spiro atoms. The monoisotopic (exact) mass is 272 g/mol. The smallest absolute Gasteiger partial charge is 0.328 e. The average Bonchev–Trinajstić information content (AvgIpc) is 2.32. The molecule has 0 unspecified atom stereocenters. The van der Waals surface area contributed by atoms with Crippen molar-refractivity contribution in [1.29, 1.82) is 0 Å². The number of nitrogens with zero attached hydrogens (tertiary/aromatic N) is 1. The Morgan fingerprint density at radius 3 is 2.26 bits per heavy atom. The number of carbonyl (C=O) groups excluding carboxylic acids is 3. The van der Waals surface area contributed by atoms with Gasteiger partial charge < -0.3 is 14.7 Å². The van der Waals surface area contributed by atoms with Gasteiger partial charge in [-0.05, 0) is 13.8 Å². The number of hydrogen-bond donors (Lipinski definition) is 2. The molecule has 0 aliphatic heterocycles. The molecule has 0 aliphatic carbocycles. The van der Waals surface area contributed by atoms with Crippen molar-refractivity contribution in [3.05, 3.63) is 12.2 Å². The Hall–Kier alpha value is -2.38. The number of amides is 3. The van der Waals surface area contributed by atoms with Crippen LogP contribution in [0.3, 0.4) is 0 Å². The Morgan fingerprint density at radius 2 is 1.84 bits per heavy atom. The number of carboxylic acid groups (broad SMARTS) is 1. The number of esters is 1. The number of ether oxygens (including phenoxy) is 1. The molecule has 19 heavy (non-hydrogen) atoms. The minimum Gasteiger partial charge on any atom is -0.478 e. The number of nitrogens with one attached hydrogen (secondary N) is 1. The van der Waals surface area contributed by atoms with Crippen LogP contribution < -0.4 is 5.32 Å². The van der Waals surface area contributed by atoms with Crippen LogP contribution >= 0.6 is 0 Å². The number of imide groups is 1. The molecular weight excluding hydrogens is 256 g/mol. The Balaban J connectivity index is 4.61. The van der Waals surface area contributed by atoms with Crippen LogP contribution in [0.25, 0.3) is 0 Å². The van der Waals surface area contributed by atoms with Crippen molar-refractivity contribution >= 4 is 23.9 Å². The second kappa shape index (κ2) is 7.85. The molecule has 8 nitrogen and oxygen atoms in total. The normalized spacial score (nSPS) is 10.3. The highest BCUT2D eigenvalue weighted by atomic mass is 16.5. The Kier molecular flexibility index (Phi) is 6.87. The first kappa shape index (κ1) is 16.6. The van der Waals surface area contributed by atoms with Crippen molar-refractivity contribution in [3.63, 3.8) is 0 Å². The molecule has 3 amide bonds. The molecule has 0 heterocycles. The van der Waals surface area contributed by atoms with Crippen LogP contribution in [0, 0.1) is 0 Å². The van der Waals surface area contributed by atoms with Crippen LogP contribution in [-0.4, -0.2) is 53.6 Å². The molecule has 0 aromatic rings. The van der Waals surface area contributed by atoms with Gasteiger partial charge in [0.1, 0.15) is 6.54 Å². The molecule has 0 saturated heterocycles. The molecule has 0 aromatic carbocycles. The van der Waals surface area contributed by atoms with Crippen LogP contribution in [-0.2, 0) is 19.1 Å². The highest BCUT2D eigenvalue weighted by Gasteiger charge is 2.21. The van der Waals surface area contributed by atoms with Crippen molar-refractivity contribution in [2.75, 3.05) is 13.7 Å². The second-order valence-corrected chi connectivity index (χ2v) is 3.76. The van der Waals surface area contributed by atoms with Crippen molar-refractivity contribution in [3.8, 4) is 0 Å². The summed E-state index contributed by atoms with van der Waals surface area (Å²) in [6.07, 6.45) is 1.31. The number of aliphatic carboxylic acids is 1. The summed E-state index contributed by atoms with van der Waals surface area (Å²) in [6, 6.07) is -1.14. The average molecular weight is 272 g/mol. The van der Waals surface area contributed by atoms with E-state index in [1.807, 2.05) is 5.32 Å². The first-order chi connectivity index (χ1) is 8.77. The van der Waals surface area contributed by atoms with Crippen LogP contribution in [0.15, 0.2) is 12.2 Å². The maximum Gasteiger partial charge on any atom is 0.328 e. The summed E-state index contributed by atoms with van der Waals surface area (Å²) in [5.41, 5.74) is 0. The van der Waals surface area contributed by atoms with Crippen molar-refractivity contribution < 1.29 is 29.0 Å². The van der Waals surface area contributed by atoms with Gasteiger partial charge in [-0.25, -0.2) is 9.59 Å². The van der Waals surface area contributed by atoms with Gasteiger partial charge in [0.2, 0.25) is 0 Å². The molecule has 106 valence electrons. The minimum atomic E-state index is -1.31. The number of carboxylic acids is 1. The largest absolute Gasteiger partial charge is 0.478 e. The lowest BCUT2D eigenvalue weighted by atomic mass is 10.3. The molecule has 0 aromatic heterocycles. The van der Waals surface area contributed by atoms with Crippen molar-refractivity contribution in [1.82, 2.24) is 10.2 Å². The Labute approximate surface area is 110 Å². The molecule has 0 bridgehead atoms. The third kappa shape index (κ3) is 6.81. The number of rotatable bonds is 5. The fourth-order valence-corrected chi connectivity index (χ4v) is 1.06. The van der Waals surface area contributed by atoms with Crippen LogP contribution in [0.4, 0.5) is 4.79 Å². The fraction of sp³-hybridized carbons (Fsp3) is 0.455. The molecule has 0 fully saturated rings. The standard InChI is InChI=1S/C11H16N2O6/c1-7(2)13(6-10(17)19-3)11(18)12-8(14)4-5-9(15)16/h4-5,7H,6H2,1-3H3,(H,15,16)(H,12,14,18). The van der Waals surface area contributed by atoms with Crippen LogP contribution in [0.5, 0.6) is 0 Å². The van der Waals surface area contributed by atoms with Crippen LogP contribution in [0.1, 0.15) is 13.8 Å². The predicted molar refractivity (Wildman–Crippen MR) is 64.2 cm³/mol. The quantitative estimate of drug-likeness (QED) is 0.527. The van der Waals surface area contributed by atoms with Gasteiger partial charge >= 0.3 is 18.0 Å². The second-order valence-electron chi connectivity index (χ2n) is 3.76. The van der Waals surface area contributed by atoms with Gasteiger partial charge in [-0.3, -0.25) is 14.9 Å². The summed E-state index contributed by atoms with van der Waals surface area (Å²) in [6.45, 7) is 3.00. The number of urea groups is 1. The van der Waals surface area contributed by atoms with Gasteiger partial charge in [-0.1, -0.05) is 0 Å². The van der Waals surface area contributed by atoms with Crippen LogP contribution in [0.2, 0.25) is 0 Å². The summed E-state index contributed by atoms with van der Waals surface area (Å²) in [7, 11) is 1.18. The topological polar surface area (TPSA) is 113 Å². The van der Waals surface area contributed by atoms with E-state index in [9.17, 15) is 19.2 Å². The zero-order valence-corrected chi connectivity index (χ0v) is 10.9. The summed E-state index contributed by atoms with van der Waals surface area (Å²) < 4.78 is 4.43. The van der Waals surface area contributed by atoms with E-state index >= 15 is 0 Å². The SMILES string of the molecule is COC(=O)CN(C(=O)NC(=O)C=CC(=O)O)C(C)C. The van der Waals surface area contributed by atoms with Gasteiger partial charge in [-0.2, -0.15) is 0 Å². The molecule has 2 N–H and O–H groups in total. The molecule has 0 atom stereocenters. The molecule has 0 radical (unpaired) electrons. The number of hydrogen-bond acceptors (Lipinski definition) is 5. The third-order valence-corrected chi connectivity index (χ3v) is 2.02. The number of carbonyl (C=O) groups is 4. The summed E-state index contributed by atoms with van der Waals surface area (Å²) in [5, 5.41) is 10.3. The van der Waals surface area contributed by atoms with E-state index in [1.165, 1.54) is 7.11 Å².